The second kappa shape index (κ2) is 11.3. The van der Waals surface area contributed by atoms with E-state index in [0.29, 0.717) is 0 Å². The Labute approximate surface area is 231 Å². The predicted octanol–water partition coefficient (Wildman–Crippen LogP) is 10.8. The Morgan fingerprint density at radius 2 is 1.11 bits per heavy atom. The van der Waals surface area contributed by atoms with Gasteiger partial charge in [-0.25, -0.2) is 0 Å². The number of fused-ring (bicyclic) bond motifs is 3. The standard InChI is InChI=1S/C35H37BrO/c1-4-5-6-7-8-9-22-37-30-18-14-26(15-19-30)25-10-12-27(13-11-25)28-16-20-31-32-21-17-29(36)24-34(32)35(2,3)33(31)23-28/h10-21,23-24H,4-9,22H2,1-3H3. The maximum atomic E-state index is 5.96. The van der Waals surface area contributed by atoms with Gasteiger partial charge in [0.05, 0.1) is 6.61 Å². The number of unbranched alkanes of at least 4 members (excludes halogenated alkanes) is 5. The van der Waals surface area contributed by atoms with Gasteiger partial charge < -0.3 is 4.74 Å². The molecule has 0 atom stereocenters. The van der Waals surface area contributed by atoms with Crippen LogP contribution in [0.25, 0.3) is 33.4 Å². The average molecular weight is 554 g/mol. The van der Waals surface area contributed by atoms with Crippen LogP contribution in [0.3, 0.4) is 0 Å². The number of halogens is 1. The zero-order valence-corrected chi connectivity index (χ0v) is 23.9. The van der Waals surface area contributed by atoms with Gasteiger partial charge in [0.25, 0.3) is 0 Å². The van der Waals surface area contributed by atoms with E-state index in [1.54, 1.807) is 0 Å². The fourth-order valence-electron chi connectivity index (χ4n) is 5.56. The highest BCUT2D eigenvalue weighted by Gasteiger charge is 2.35. The van der Waals surface area contributed by atoms with Crippen LogP contribution in [0.4, 0.5) is 0 Å². The zero-order valence-electron chi connectivity index (χ0n) is 22.3. The number of rotatable bonds is 10. The molecule has 37 heavy (non-hydrogen) atoms. The summed E-state index contributed by atoms with van der Waals surface area (Å²) >= 11 is 3.66. The van der Waals surface area contributed by atoms with E-state index in [1.165, 1.54) is 76.6 Å². The van der Waals surface area contributed by atoms with Crippen LogP contribution in [0.5, 0.6) is 5.75 Å². The zero-order chi connectivity index (χ0) is 25.8. The van der Waals surface area contributed by atoms with Crippen molar-refractivity contribution in [1.29, 1.82) is 0 Å². The maximum Gasteiger partial charge on any atom is 0.119 e. The molecule has 0 N–H and O–H groups in total. The molecule has 0 aromatic heterocycles. The van der Waals surface area contributed by atoms with Crippen LogP contribution < -0.4 is 4.74 Å². The molecular weight excluding hydrogens is 516 g/mol. The van der Waals surface area contributed by atoms with Crippen LogP contribution in [0.15, 0.2) is 89.4 Å². The summed E-state index contributed by atoms with van der Waals surface area (Å²) in [5.41, 5.74) is 10.4. The fourth-order valence-corrected chi connectivity index (χ4v) is 5.92. The Bertz CT molecular complexity index is 1350. The fraction of sp³-hybridized carbons (Fsp3) is 0.314. The van der Waals surface area contributed by atoms with E-state index in [0.717, 1.165) is 23.2 Å². The molecular formula is C35H37BrO. The Kier molecular flexibility index (Phi) is 7.86. The van der Waals surface area contributed by atoms with Crippen LogP contribution in [0.2, 0.25) is 0 Å². The van der Waals surface area contributed by atoms with E-state index in [9.17, 15) is 0 Å². The molecule has 1 nitrogen and oxygen atoms in total. The smallest absolute Gasteiger partial charge is 0.119 e. The Morgan fingerprint density at radius 3 is 1.78 bits per heavy atom. The van der Waals surface area contributed by atoms with E-state index in [-0.39, 0.29) is 5.41 Å². The van der Waals surface area contributed by atoms with Crippen molar-refractivity contribution in [3.63, 3.8) is 0 Å². The lowest BCUT2D eigenvalue weighted by molar-refractivity contribution is 0.304. The highest BCUT2D eigenvalue weighted by Crippen LogP contribution is 2.50. The third kappa shape index (κ3) is 5.55. The highest BCUT2D eigenvalue weighted by molar-refractivity contribution is 9.10. The lowest BCUT2D eigenvalue weighted by Gasteiger charge is -2.22. The molecule has 0 amide bonds. The van der Waals surface area contributed by atoms with Crippen molar-refractivity contribution < 1.29 is 4.74 Å². The molecule has 2 heteroatoms. The lowest BCUT2D eigenvalue weighted by Crippen LogP contribution is -2.15. The Morgan fingerprint density at radius 1 is 0.595 bits per heavy atom. The third-order valence-corrected chi connectivity index (χ3v) is 8.30. The molecule has 1 aliphatic rings. The average Bonchev–Trinajstić information content (AvgIpc) is 3.14. The molecule has 0 saturated heterocycles. The molecule has 0 radical (unpaired) electrons. The highest BCUT2D eigenvalue weighted by atomic mass is 79.9. The summed E-state index contributed by atoms with van der Waals surface area (Å²) in [6.07, 6.45) is 7.71. The number of ether oxygens (including phenoxy) is 1. The molecule has 0 unspecified atom stereocenters. The number of hydrogen-bond donors (Lipinski definition) is 0. The summed E-state index contributed by atoms with van der Waals surface area (Å²) in [6, 6.07) is 31.1. The van der Waals surface area contributed by atoms with Gasteiger partial charge in [-0.3, -0.25) is 0 Å². The van der Waals surface area contributed by atoms with E-state index >= 15 is 0 Å². The first-order valence-corrected chi connectivity index (χ1v) is 14.6. The van der Waals surface area contributed by atoms with Gasteiger partial charge in [-0.2, -0.15) is 0 Å². The van der Waals surface area contributed by atoms with E-state index in [1.807, 2.05) is 0 Å². The van der Waals surface area contributed by atoms with Gasteiger partial charge in [-0.05, 0) is 81.3 Å². The SMILES string of the molecule is CCCCCCCCOc1ccc(-c2ccc(-c3ccc4c(c3)C(C)(C)c3cc(Br)ccc3-4)cc2)cc1. The molecule has 0 heterocycles. The monoisotopic (exact) mass is 552 g/mol. The molecule has 0 fully saturated rings. The topological polar surface area (TPSA) is 9.23 Å². The van der Waals surface area contributed by atoms with Crippen molar-refractivity contribution >= 4 is 15.9 Å². The Balaban J connectivity index is 1.25. The van der Waals surface area contributed by atoms with E-state index in [4.69, 9.17) is 4.74 Å². The van der Waals surface area contributed by atoms with Gasteiger partial charge in [0.15, 0.2) is 0 Å². The van der Waals surface area contributed by atoms with Gasteiger partial charge in [0.1, 0.15) is 5.75 Å². The van der Waals surface area contributed by atoms with Gasteiger partial charge in [-0.15, -0.1) is 0 Å². The predicted molar refractivity (Wildman–Crippen MR) is 161 cm³/mol. The van der Waals surface area contributed by atoms with Crippen LogP contribution in [-0.4, -0.2) is 6.61 Å². The third-order valence-electron chi connectivity index (χ3n) is 7.81. The van der Waals surface area contributed by atoms with Gasteiger partial charge >= 0.3 is 0 Å². The molecule has 1 aliphatic carbocycles. The molecule has 4 aromatic carbocycles. The summed E-state index contributed by atoms with van der Waals surface area (Å²) in [5, 5.41) is 0. The van der Waals surface area contributed by atoms with Crippen LogP contribution >= 0.6 is 15.9 Å². The molecule has 4 aromatic rings. The van der Waals surface area contributed by atoms with Crippen molar-refractivity contribution in [2.75, 3.05) is 6.61 Å². The first-order chi connectivity index (χ1) is 18.0. The van der Waals surface area contributed by atoms with Gasteiger partial charge in [0, 0.05) is 9.89 Å². The van der Waals surface area contributed by atoms with E-state index < -0.39 is 0 Å². The summed E-state index contributed by atoms with van der Waals surface area (Å²) < 4.78 is 7.10. The normalized spacial score (nSPS) is 13.3. The quantitative estimate of drug-likeness (QED) is 0.178. The minimum Gasteiger partial charge on any atom is -0.494 e. The molecule has 0 bridgehead atoms. The van der Waals surface area contributed by atoms with Crippen molar-refractivity contribution in [3.8, 4) is 39.1 Å². The lowest BCUT2D eigenvalue weighted by atomic mass is 9.81. The van der Waals surface area contributed by atoms with Crippen molar-refractivity contribution in [2.45, 2.75) is 64.7 Å². The molecule has 5 rings (SSSR count). The van der Waals surface area contributed by atoms with E-state index in [2.05, 4.69) is 122 Å². The minimum atomic E-state index is -0.0106. The second-order valence-electron chi connectivity index (χ2n) is 10.8. The van der Waals surface area contributed by atoms with Crippen molar-refractivity contribution in [2.24, 2.45) is 0 Å². The molecule has 0 aliphatic heterocycles. The minimum absolute atomic E-state index is 0.0106. The maximum absolute atomic E-state index is 5.96. The molecule has 0 spiro atoms. The van der Waals surface area contributed by atoms with Crippen LogP contribution in [0.1, 0.15) is 70.4 Å². The Hall–Kier alpha value is -2.84. The van der Waals surface area contributed by atoms with Crippen LogP contribution in [0, 0.1) is 0 Å². The van der Waals surface area contributed by atoms with Gasteiger partial charge in [0.2, 0.25) is 0 Å². The molecule has 0 saturated carbocycles. The van der Waals surface area contributed by atoms with Crippen molar-refractivity contribution in [1.82, 2.24) is 0 Å². The largest absolute Gasteiger partial charge is 0.494 e. The summed E-state index contributed by atoms with van der Waals surface area (Å²) in [5.74, 6) is 0.961. The molecule has 190 valence electrons. The number of hydrogen-bond acceptors (Lipinski definition) is 1. The first kappa shape index (κ1) is 25.8. The summed E-state index contributed by atoms with van der Waals surface area (Å²) in [7, 11) is 0. The number of benzene rings is 4. The van der Waals surface area contributed by atoms with Gasteiger partial charge in [-0.1, -0.05) is 123 Å². The first-order valence-electron chi connectivity index (χ1n) is 13.8. The van der Waals surface area contributed by atoms with Crippen molar-refractivity contribution in [3.05, 3.63) is 101 Å². The summed E-state index contributed by atoms with van der Waals surface area (Å²) in [6.45, 7) is 7.73. The summed E-state index contributed by atoms with van der Waals surface area (Å²) in [4.78, 5) is 0. The second-order valence-corrected chi connectivity index (χ2v) is 11.7. The van der Waals surface area contributed by atoms with Crippen LogP contribution in [-0.2, 0) is 5.41 Å².